The minimum atomic E-state index is -5.08. The number of H-pyrrole nitrogens is 1. The normalized spacial score (nSPS) is 18.5. The van der Waals surface area contributed by atoms with Crippen molar-refractivity contribution in [2.45, 2.75) is 102 Å². The number of piperidine rings is 1. The lowest BCUT2D eigenvalue weighted by Crippen LogP contribution is -2.52. The first-order valence-electron chi connectivity index (χ1n) is 18.5. The van der Waals surface area contributed by atoms with Gasteiger partial charge in [0.25, 0.3) is 5.91 Å². The molecule has 0 radical (unpaired) electrons. The van der Waals surface area contributed by atoms with E-state index in [1.807, 2.05) is 0 Å². The summed E-state index contributed by atoms with van der Waals surface area (Å²) in [5.74, 6) is -4.69. The summed E-state index contributed by atoms with van der Waals surface area (Å²) in [7, 11) is 0. The topological polar surface area (TPSA) is 117 Å². The molecule has 3 aliphatic rings. The molecule has 15 heteroatoms. The van der Waals surface area contributed by atoms with Crippen LogP contribution in [-0.2, 0) is 16.1 Å². The first-order chi connectivity index (χ1) is 25.5. The van der Waals surface area contributed by atoms with Crippen LogP contribution in [0.2, 0.25) is 0 Å². The van der Waals surface area contributed by atoms with E-state index in [0.29, 0.717) is 12.0 Å². The number of halogens is 6. The molecule has 54 heavy (non-hydrogen) atoms. The SMILES string of the molecule is Cc1cccc(C)c1C1CCN(Cc2c(C(=O)N3CCN(C4CCCCCCC4)CC3)[nH]c3ccccc23)CC1.O=C(O)C(F)(F)F.O=C(O)C(F)(F)F. The zero-order valence-corrected chi connectivity index (χ0v) is 30.7. The largest absolute Gasteiger partial charge is 0.490 e. The van der Waals surface area contributed by atoms with Crippen LogP contribution in [0.1, 0.15) is 96.4 Å². The van der Waals surface area contributed by atoms with Crippen LogP contribution in [-0.4, -0.2) is 105 Å². The summed E-state index contributed by atoms with van der Waals surface area (Å²) in [5, 5.41) is 15.5. The van der Waals surface area contributed by atoms with Crippen LogP contribution in [0.5, 0.6) is 0 Å². The van der Waals surface area contributed by atoms with Crippen LogP contribution in [0.25, 0.3) is 10.9 Å². The van der Waals surface area contributed by atoms with Gasteiger partial charge in [-0.25, -0.2) is 9.59 Å². The monoisotopic (exact) mass is 768 g/mol. The van der Waals surface area contributed by atoms with Gasteiger partial charge in [0, 0.05) is 55.2 Å². The lowest BCUT2D eigenvalue weighted by Gasteiger charge is -2.40. The van der Waals surface area contributed by atoms with Crippen molar-refractivity contribution in [3.05, 3.63) is 70.4 Å². The molecule has 1 aromatic heterocycles. The van der Waals surface area contributed by atoms with E-state index in [4.69, 9.17) is 19.8 Å². The van der Waals surface area contributed by atoms with E-state index < -0.39 is 24.3 Å². The highest BCUT2D eigenvalue weighted by molar-refractivity contribution is 6.01. The Morgan fingerprint density at radius 3 is 1.72 bits per heavy atom. The highest BCUT2D eigenvalue weighted by atomic mass is 19.4. The molecule has 0 bridgehead atoms. The summed E-state index contributed by atoms with van der Waals surface area (Å²) in [4.78, 5) is 42.7. The van der Waals surface area contributed by atoms with Gasteiger partial charge in [0.15, 0.2) is 0 Å². The molecule has 3 fully saturated rings. The second-order valence-electron chi connectivity index (χ2n) is 14.3. The number of piperazine rings is 1. The molecule has 2 saturated heterocycles. The van der Waals surface area contributed by atoms with Crippen LogP contribution in [0, 0.1) is 13.8 Å². The number of fused-ring (bicyclic) bond motifs is 1. The van der Waals surface area contributed by atoms with Crippen molar-refractivity contribution in [2.75, 3.05) is 39.3 Å². The first-order valence-corrected chi connectivity index (χ1v) is 18.5. The van der Waals surface area contributed by atoms with Crippen molar-refractivity contribution in [1.29, 1.82) is 0 Å². The number of hydrogen-bond donors (Lipinski definition) is 3. The summed E-state index contributed by atoms with van der Waals surface area (Å²) in [5.41, 5.74) is 7.50. The van der Waals surface area contributed by atoms with Crippen LogP contribution in [0.3, 0.4) is 0 Å². The zero-order chi connectivity index (χ0) is 39.6. The Kier molecular flexibility index (Phi) is 15.0. The third-order valence-electron chi connectivity index (χ3n) is 10.6. The van der Waals surface area contributed by atoms with Crippen molar-refractivity contribution < 1.29 is 50.9 Å². The molecule has 298 valence electrons. The number of benzene rings is 2. The van der Waals surface area contributed by atoms with Crippen molar-refractivity contribution >= 4 is 28.7 Å². The Morgan fingerprint density at radius 2 is 1.20 bits per heavy atom. The highest BCUT2D eigenvalue weighted by Gasteiger charge is 2.39. The molecular formula is C39H50F6N4O5. The van der Waals surface area contributed by atoms with Gasteiger partial charge < -0.3 is 20.1 Å². The molecule has 1 saturated carbocycles. The maximum absolute atomic E-state index is 14.0. The number of aliphatic carboxylic acids is 2. The predicted octanol–water partition coefficient (Wildman–Crippen LogP) is 8.30. The van der Waals surface area contributed by atoms with Crippen LogP contribution in [0.4, 0.5) is 26.3 Å². The lowest BCUT2D eigenvalue weighted by molar-refractivity contribution is -0.193. The Hall–Kier alpha value is -4.11. The molecule has 0 atom stereocenters. The molecule has 2 aromatic carbocycles. The minimum absolute atomic E-state index is 0.189. The van der Waals surface area contributed by atoms with Gasteiger partial charge in [-0.3, -0.25) is 14.6 Å². The number of amides is 1. The number of aryl methyl sites for hydroxylation is 2. The Bertz CT molecular complexity index is 1660. The Labute approximate surface area is 311 Å². The van der Waals surface area contributed by atoms with E-state index in [9.17, 15) is 31.1 Å². The van der Waals surface area contributed by atoms with E-state index in [-0.39, 0.29) is 5.91 Å². The number of carboxylic acid groups (broad SMARTS) is 2. The summed E-state index contributed by atoms with van der Waals surface area (Å²) in [6.45, 7) is 11.2. The third kappa shape index (κ3) is 11.7. The summed E-state index contributed by atoms with van der Waals surface area (Å²) in [6, 6.07) is 15.9. The van der Waals surface area contributed by atoms with Gasteiger partial charge in [0.2, 0.25) is 0 Å². The van der Waals surface area contributed by atoms with E-state index >= 15 is 0 Å². The molecule has 2 aliphatic heterocycles. The van der Waals surface area contributed by atoms with Crippen molar-refractivity contribution in [2.24, 2.45) is 0 Å². The number of aromatic nitrogens is 1. The second kappa shape index (κ2) is 19.0. The fourth-order valence-electron chi connectivity index (χ4n) is 7.87. The summed E-state index contributed by atoms with van der Waals surface area (Å²) < 4.78 is 63.5. The number of aromatic amines is 1. The van der Waals surface area contributed by atoms with Crippen LogP contribution < -0.4 is 0 Å². The lowest BCUT2D eigenvalue weighted by atomic mass is 9.84. The van der Waals surface area contributed by atoms with Gasteiger partial charge in [-0.05, 0) is 81.3 Å². The van der Waals surface area contributed by atoms with Crippen molar-refractivity contribution in [1.82, 2.24) is 19.7 Å². The van der Waals surface area contributed by atoms with Gasteiger partial charge >= 0.3 is 24.3 Å². The molecule has 3 N–H and O–H groups in total. The fourth-order valence-corrected chi connectivity index (χ4v) is 7.87. The third-order valence-corrected chi connectivity index (χ3v) is 10.6. The minimum Gasteiger partial charge on any atom is -0.475 e. The number of carboxylic acids is 2. The molecule has 3 heterocycles. The second-order valence-corrected chi connectivity index (χ2v) is 14.3. The average Bonchev–Trinajstić information content (AvgIpc) is 3.46. The highest BCUT2D eigenvalue weighted by Crippen LogP contribution is 2.34. The fraction of sp³-hybridized carbons (Fsp3) is 0.564. The number of hydrogen-bond acceptors (Lipinski definition) is 5. The van der Waals surface area contributed by atoms with Gasteiger partial charge in [-0.1, -0.05) is 68.5 Å². The van der Waals surface area contributed by atoms with E-state index in [0.717, 1.165) is 57.0 Å². The van der Waals surface area contributed by atoms with Crippen molar-refractivity contribution in [3.63, 3.8) is 0 Å². The smallest absolute Gasteiger partial charge is 0.475 e. The number of nitrogens with one attached hydrogen (secondary N) is 1. The number of alkyl halides is 6. The van der Waals surface area contributed by atoms with E-state index in [1.54, 1.807) is 5.56 Å². The molecular weight excluding hydrogens is 718 g/mol. The first kappa shape index (κ1) is 42.6. The molecule has 6 rings (SSSR count). The van der Waals surface area contributed by atoms with Gasteiger partial charge in [-0.15, -0.1) is 0 Å². The summed E-state index contributed by atoms with van der Waals surface area (Å²) >= 11 is 0. The number of likely N-dealkylation sites (tertiary alicyclic amines) is 1. The number of carbonyl (C=O) groups is 3. The predicted molar refractivity (Wildman–Crippen MR) is 192 cm³/mol. The van der Waals surface area contributed by atoms with Gasteiger partial charge in [-0.2, -0.15) is 26.3 Å². The maximum atomic E-state index is 14.0. The quantitative estimate of drug-likeness (QED) is 0.224. The number of carbonyl (C=O) groups excluding carboxylic acids is 1. The van der Waals surface area contributed by atoms with Gasteiger partial charge in [0.1, 0.15) is 5.69 Å². The van der Waals surface area contributed by atoms with Crippen LogP contribution >= 0.6 is 0 Å². The number of rotatable bonds is 5. The molecule has 3 aromatic rings. The van der Waals surface area contributed by atoms with Gasteiger partial charge in [0.05, 0.1) is 0 Å². The van der Waals surface area contributed by atoms with Crippen LogP contribution in [0.15, 0.2) is 42.5 Å². The number of para-hydroxylation sites is 1. The van der Waals surface area contributed by atoms with Crippen molar-refractivity contribution in [3.8, 4) is 0 Å². The molecule has 1 aliphatic carbocycles. The zero-order valence-electron chi connectivity index (χ0n) is 30.7. The maximum Gasteiger partial charge on any atom is 0.490 e. The average molecular weight is 769 g/mol. The summed E-state index contributed by atoms with van der Waals surface area (Å²) in [6.07, 6.45) is 1.78. The molecule has 9 nitrogen and oxygen atoms in total. The van der Waals surface area contributed by atoms with E-state index in [1.165, 1.54) is 79.9 Å². The van der Waals surface area contributed by atoms with E-state index in [2.05, 4.69) is 76.0 Å². The Balaban J connectivity index is 0.000000396. The molecule has 1 amide bonds. The Morgan fingerprint density at radius 1 is 0.704 bits per heavy atom. The molecule has 0 spiro atoms. The standard InChI is InChI=1S/C35H48N4O.2C2HF3O2/c1-26-11-10-12-27(2)33(26)28-17-19-37(20-18-28)25-31-30-15-8-9-16-32(30)36-34(31)35(40)39-23-21-38(22-24-39)29-13-6-4-3-5-7-14-29;2*3-2(4,5)1(6)7/h8-12,15-16,28-29,36H,3-7,13-14,17-25H2,1-2H3;2*(H,6,7). The number of nitrogens with zero attached hydrogens (tertiary/aromatic N) is 3. The molecule has 0 unspecified atom stereocenters.